The van der Waals surface area contributed by atoms with Crippen LogP contribution in [0.3, 0.4) is 0 Å². The van der Waals surface area contributed by atoms with E-state index in [0.717, 1.165) is 5.56 Å². The third-order valence-corrected chi connectivity index (χ3v) is 4.57. The average molecular weight is 387 g/mol. The van der Waals surface area contributed by atoms with Gasteiger partial charge in [-0.2, -0.15) is 5.10 Å². The number of carbonyl (C=O) groups is 2. The van der Waals surface area contributed by atoms with Gasteiger partial charge in [0.25, 0.3) is 0 Å². The van der Waals surface area contributed by atoms with E-state index in [1.165, 1.54) is 0 Å². The van der Waals surface area contributed by atoms with Crippen molar-refractivity contribution in [2.75, 3.05) is 13.7 Å². The van der Waals surface area contributed by atoms with E-state index < -0.39 is 17.9 Å². The molecule has 0 bridgehead atoms. The van der Waals surface area contributed by atoms with Crippen LogP contribution in [-0.2, 0) is 9.53 Å². The van der Waals surface area contributed by atoms with Crippen LogP contribution in [-0.4, -0.2) is 37.2 Å². The Morgan fingerprint density at radius 2 is 1.78 bits per heavy atom. The van der Waals surface area contributed by atoms with Gasteiger partial charge in [0, 0.05) is 10.6 Å². The van der Waals surface area contributed by atoms with Crippen LogP contribution in [0.2, 0.25) is 5.02 Å². The third kappa shape index (κ3) is 3.95. The van der Waals surface area contributed by atoms with Crippen molar-refractivity contribution >= 4 is 29.1 Å². The Kier molecular flexibility index (Phi) is 5.76. The van der Waals surface area contributed by atoms with Gasteiger partial charge in [-0.3, -0.25) is 10.2 Å². The molecule has 140 valence electrons. The van der Waals surface area contributed by atoms with E-state index in [1.54, 1.807) is 50.4 Å². The maximum Gasteiger partial charge on any atom is 0.355 e. The molecule has 1 aliphatic heterocycles. The average Bonchev–Trinajstić information content (AvgIpc) is 3.13. The summed E-state index contributed by atoms with van der Waals surface area (Å²) in [4.78, 5) is 25.4. The van der Waals surface area contributed by atoms with Gasteiger partial charge >= 0.3 is 5.97 Å². The standard InChI is InChI=1S/C20H19ClN2O4/c1-3-27-20(25)18-16(12-6-10-15(26-2)11-7-12)17(22-23-18)19(24)13-4-8-14(21)9-5-13/h4-11,16-17,22H,3H2,1-2H3/t16-,17+/m1/s1. The molecule has 1 N–H and O–H groups in total. The van der Waals surface area contributed by atoms with Crippen molar-refractivity contribution in [3.63, 3.8) is 0 Å². The first-order valence-corrected chi connectivity index (χ1v) is 8.87. The Morgan fingerprint density at radius 1 is 1.11 bits per heavy atom. The predicted octanol–water partition coefficient (Wildman–Crippen LogP) is 3.21. The SMILES string of the molecule is CCOC(=O)C1=NN[C@H](C(=O)c2ccc(Cl)cc2)[C@H]1c1ccc(OC)cc1. The number of hydrogen-bond donors (Lipinski definition) is 1. The second kappa shape index (κ2) is 8.22. The van der Waals surface area contributed by atoms with E-state index >= 15 is 0 Å². The van der Waals surface area contributed by atoms with Crippen LogP contribution < -0.4 is 10.2 Å². The maximum atomic E-state index is 13.0. The molecule has 0 radical (unpaired) electrons. The van der Waals surface area contributed by atoms with Gasteiger partial charge in [-0.15, -0.1) is 0 Å². The Labute approximate surface area is 162 Å². The van der Waals surface area contributed by atoms with E-state index in [2.05, 4.69) is 10.5 Å². The summed E-state index contributed by atoms with van der Waals surface area (Å²) in [6.45, 7) is 1.95. The molecule has 0 aliphatic carbocycles. The van der Waals surface area contributed by atoms with Crippen molar-refractivity contribution in [2.45, 2.75) is 18.9 Å². The normalized spacial score (nSPS) is 18.4. The second-order valence-electron chi connectivity index (χ2n) is 5.95. The molecule has 3 rings (SSSR count). The van der Waals surface area contributed by atoms with Crippen molar-refractivity contribution in [1.82, 2.24) is 5.43 Å². The largest absolute Gasteiger partial charge is 0.497 e. The number of esters is 1. The zero-order chi connectivity index (χ0) is 19.4. The molecule has 0 aromatic heterocycles. The number of benzene rings is 2. The van der Waals surface area contributed by atoms with Crippen LogP contribution in [0.5, 0.6) is 5.75 Å². The van der Waals surface area contributed by atoms with Gasteiger partial charge in [-0.25, -0.2) is 4.79 Å². The first kappa shape index (κ1) is 18.9. The predicted molar refractivity (Wildman–Crippen MR) is 103 cm³/mol. The monoisotopic (exact) mass is 386 g/mol. The number of halogens is 1. The Balaban J connectivity index is 1.95. The number of Topliss-reactive ketones (excluding diaryl/α,β-unsaturated/α-hetero) is 1. The van der Waals surface area contributed by atoms with Crippen LogP contribution >= 0.6 is 11.6 Å². The number of carbonyl (C=O) groups excluding carboxylic acids is 2. The van der Waals surface area contributed by atoms with E-state index in [9.17, 15) is 9.59 Å². The van der Waals surface area contributed by atoms with Gasteiger partial charge in [-0.1, -0.05) is 23.7 Å². The summed E-state index contributed by atoms with van der Waals surface area (Å²) in [7, 11) is 1.57. The topological polar surface area (TPSA) is 77.0 Å². The smallest absolute Gasteiger partial charge is 0.355 e. The molecule has 1 heterocycles. The highest BCUT2D eigenvalue weighted by Gasteiger charge is 2.41. The lowest BCUT2D eigenvalue weighted by Gasteiger charge is -2.20. The minimum atomic E-state index is -0.723. The first-order chi connectivity index (χ1) is 13.0. The molecule has 2 aromatic rings. The van der Waals surface area contributed by atoms with Gasteiger partial charge in [-0.05, 0) is 48.9 Å². The molecule has 2 atom stereocenters. The van der Waals surface area contributed by atoms with Crippen molar-refractivity contribution < 1.29 is 19.1 Å². The molecular formula is C20H19ClN2O4. The van der Waals surface area contributed by atoms with Gasteiger partial charge in [0.1, 0.15) is 11.8 Å². The highest BCUT2D eigenvalue weighted by Crippen LogP contribution is 2.30. The summed E-state index contributed by atoms with van der Waals surface area (Å²) >= 11 is 5.91. The zero-order valence-corrected chi connectivity index (χ0v) is 15.7. The molecule has 7 heteroatoms. The number of hydrazone groups is 1. The molecule has 0 saturated carbocycles. The fraction of sp³-hybridized carbons (Fsp3) is 0.250. The van der Waals surface area contributed by atoms with Gasteiger partial charge in [0.2, 0.25) is 0 Å². The van der Waals surface area contributed by atoms with Crippen LogP contribution in [0, 0.1) is 0 Å². The zero-order valence-electron chi connectivity index (χ0n) is 14.9. The second-order valence-corrected chi connectivity index (χ2v) is 6.38. The summed E-state index contributed by atoms with van der Waals surface area (Å²) in [5.41, 5.74) is 4.23. The summed E-state index contributed by atoms with van der Waals surface area (Å²) in [6, 6.07) is 13.1. The van der Waals surface area contributed by atoms with Crippen LogP contribution in [0.1, 0.15) is 28.8 Å². The number of rotatable bonds is 6. The van der Waals surface area contributed by atoms with E-state index in [-0.39, 0.29) is 18.1 Å². The quantitative estimate of drug-likeness (QED) is 0.609. The molecule has 0 saturated heterocycles. The lowest BCUT2D eigenvalue weighted by molar-refractivity contribution is -0.135. The molecule has 27 heavy (non-hydrogen) atoms. The third-order valence-electron chi connectivity index (χ3n) is 4.32. The highest BCUT2D eigenvalue weighted by molar-refractivity contribution is 6.40. The summed E-state index contributed by atoms with van der Waals surface area (Å²) in [5.74, 6) is -0.620. The number of nitrogens with one attached hydrogen (secondary N) is 1. The Bertz CT molecular complexity index is 863. The Hall–Kier alpha value is -2.86. The fourth-order valence-electron chi connectivity index (χ4n) is 2.98. The lowest BCUT2D eigenvalue weighted by atomic mass is 9.84. The molecular weight excluding hydrogens is 368 g/mol. The van der Waals surface area contributed by atoms with Crippen molar-refractivity contribution in [1.29, 1.82) is 0 Å². The highest BCUT2D eigenvalue weighted by atomic mass is 35.5. The van der Waals surface area contributed by atoms with Gasteiger partial charge in [0.05, 0.1) is 19.6 Å². The minimum Gasteiger partial charge on any atom is -0.497 e. The van der Waals surface area contributed by atoms with Crippen LogP contribution in [0.15, 0.2) is 53.6 Å². The van der Waals surface area contributed by atoms with Crippen LogP contribution in [0.4, 0.5) is 0 Å². The van der Waals surface area contributed by atoms with Crippen LogP contribution in [0.25, 0.3) is 0 Å². The summed E-state index contributed by atoms with van der Waals surface area (Å²) in [5, 5.41) is 4.66. The maximum absolute atomic E-state index is 13.0. The van der Waals surface area contributed by atoms with Crippen molar-refractivity contribution in [3.8, 4) is 5.75 Å². The lowest BCUT2D eigenvalue weighted by Crippen LogP contribution is -2.37. The van der Waals surface area contributed by atoms with E-state index in [4.69, 9.17) is 21.1 Å². The number of ketones is 1. The molecule has 0 amide bonds. The molecule has 2 aromatic carbocycles. The van der Waals surface area contributed by atoms with E-state index in [1.807, 2.05) is 12.1 Å². The number of hydrogen-bond acceptors (Lipinski definition) is 6. The molecule has 6 nitrogen and oxygen atoms in total. The molecule has 0 spiro atoms. The summed E-state index contributed by atoms with van der Waals surface area (Å²) < 4.78 is 10.3. The summed E-state index contributed by atoms with van der Waals surface area (Å²) in [6.07, 6.45) is 0. The van der Waals surface area contributed by atoms with E-state index in [0.29, 0.717) is 16.3 Å². The van der Waals surface area contributed by atoms with Crippen molar-refractivity contribution in [2.24, 2.45) is 5.10 Å². The van der Waals surface area contributed by atoms with Gasteiger partial charge in [0.15, 0.2) is 11.5 Å². The van der Waals surface area contributed by atoms with Gasteiger partial charge < -0.3 is 9.47 Å². The fourth-order valence-corrected chi connectivity index (χ4v) is 3.11. The molecule has 0 unspecified atom stereocenters. The Morgan fingerprint density at radius 3 is 2.37 bits per heavy atom. The minimum absolute atomic E-state index is 0.175. The van der Waals surface area contributed by atoms with Crippen molar-refractivity contribution in [3.05, 3.63) is 64.7 Å². The molecule has 1 aliphatic rings. The number of ether oxygens (including phenoxy) is 2. The molecule has 0 fully saturated rings. The first-order valence-electron chi connectivity index (χ1n) is 8.49. The number of nitrogens with zero attached hydrogens (tertiary/aromatic N) is 1. The number of methoxy groups -OCH3 is 1.